The molecule has 1 aliphatic rings. The summed E-state index contributed by atoms with van der Waals surface area (Å²) in [6.07, 6.45) is 3.11. The Morgan fingerprint density at radius 3 is 2.68 bits per heavy atom. The van der Waals surface area contributed by atoms with Crippen LogP contribution >= 0.6 is 0 Å². The van der Waals surface area contributed by atoms with Crippen LogP contribution in [-0.2, 0) is 4.79 Å². The zero-order valence-electron chi connectivity index (χ0n) is 11.3. The standard InChI is InChI=1S/C15H20N2O2/c1-12(18)16-11-14-9-5-6-10-17(14)15(19)13-7-3-2-4-8-13/h2-4,7-8,14H,5-6,9-11H2,1H3,(H,16,18)/t14-/m1/s1. The molecule has 1 atom stereocenters. The number of benzene rings is 1. The summed E-state index contributed by atoms with van der Waals surface area (Å²) in [5.74, 6) is 0.0216. The molecule has 4 heteroatoms. The van der Waals surface area contributed by atoms with Crippen molar-refractivity contribution in [2.24, 2.45) is 0 Å². The highest BCUT2D eigenvalue weighted by molar-refractivity contribution is 5.94. The van der Waals surface area contributed by atoms with Gasteiger partial charge in [0.25, 0.3) is 5.91 Å². The quantitative estimate of drug-likeness (QED) is 0.901. The molecule has 0 radical (unpaired) electrons. The molecule has 1 aromatic rings. The predicted octanol–water partition coefficient (Wildman–Crippen LogP) is 1.82. The van der Waals surface area contributed by atoms with Gasteiger partial charge in [0.15, 0.2) is 0 Å². The summed E-state index contributed by atoms with van der Waals surface area (Å²) in [7, 11) is 0. The SMILES string of the molecule is CC(=O)NC[C@H]1CCCCN1C(=O)c1ccccc1. The van der Waals surface area contributed by atoms with Gasteiger partial charge in [-0.3, -0.25) is 9.59 Å². The van der Waals surface area contributed by atoms with Gasteiger partial charge in [-0.1, -0.05) is 18.2 Å². The van der Waals surface area contributed by atoms with Crippen molar-refractivity contribution in [3.63, 3.8) is 0 Å². The van der Waals surface area contributed by atoms with E-state index >= 15 is 0 Å². The number of hydrogen-bond acceptors (Lipinski definition) is 2. The molecule has 1 heterocycles. The summed E-state index contributed by atoms with van der Waals surface area (Å²) in [6, 6.07) is 9.45. The number of amides is 2. The summed E-state index contributed by atoms with van der Waals surface area (Å²) < 4.78 is 0. The molecule has 0 spiro atoms. The van der Waals surface area contributed by atoms with E-state index in [2.05, 4.69) is 5.32 Å². The van der Waals surface area contributed by atoms with Crippen molar-refractivity contribution in [2.75, 3.05) is 13.1 Å². The van der Waals surface area contributed by atoms with Crippen molar-refractivity contribution in [2.45, 2.75) is 32.2 Å². The predicted molar refractivity (Wildman–Crippen MR) is 73.8 cm³/mol. The van der Waals surface area contributed by atoms with Crippen molar-refractivity contribution < 1.29 is 9.59 Å². The monoisotopic (exact) mass is 260 g/mol. The Bertz CT molecular complexity index is 445. The molecule has 1 aliphatic heterocycles. The first kappa shape index (κ1) is 13.6. The highest BCUT2D eigenvalue weighted by Crippen LogP contribution is 2.19. The number of nitrogens with zero attached hydrogens (tertiary/aromatic N) is 1. The molecule has 4 nitrogen and oxygen atoms in total. The van der Waals surface area contributed by atoms with Gasteiger partial charge in [0, 0.05) is 31.6 Å². The number of piperidine rings is 1. The zero-order chi connectivity index (χ0) is 13.7. The first-order valence-corrected chi connectivity index (χ1v) is 6.79. The van der Waals surface area contributed by atoms with Crippen molar-refractivity contribution in [1.82, 2.24) is 10.2 Å². The van der Waals surface area contributed by atoms with E-state index < -0.39 is 0 Å². The molecule has 1 aromatic carbocycles. The number of likely N-dealkylation sites (tertiary alicyclic amines) is 1. The zero-order valence-corrected chi connectivity index (χ0v) is 11.3. The highest BCUT2D eigenvalue weighted by atomic mass is 16.2. The Kier molecular flexibility index (Phi) is 4.55. The Balaban J connectivity index is 2.06. The lowest BCUT2D eigenvalue weighted by Crippen LogP contribution is -2.49. The van der Waals surface area contributed by atoms with E-state index in [1.54, 1.807) is 0 Å². The Hall–Kier alpha value is -1.84. The summed E-state index contributed by atoms with van der Waals surface area (Å²) in [5, 5.41) is 2.82. The fourth-order valence-corrected chi connectivity index (χ4v) is 2.49. The summed E-state index contributed by atoms with van der Waals surface area (Å²) >= 11 is 0. The minimum Gasteiger partial charge on any atom is -0.354 e. The Morgan fingerprint density at radius 2 is 2.00 bits per heavy atom. The first-order valence-electron chi connectivity index (χ1n) is 6.79. The van der Waals surface area contributed by atoms with Gasteiger partial charge in [-0.15, -0.1) is 0 Å². The maximum atomic E-state index is 12.5. The number of nitrogens with one attached hydrogen (secondary N) is 1. The molecule has 0 aliphatic carbocycles. The van der Waals surface area contributed by atoms with E-state index in [4.69, 9.17) is 0 Å². The van der Waals surface area contributed by atoms with Gasteiger partial charge in [0.1, 0.15) is 0 Å². The minimum absolute atomic E-state index is 0.0438. The van der Waals surface area contributed by atoms with Crippen molar-refractivity contribution in [1.29, 1.82) is 0 Å². The molecule has 19 heavy (non-hydrogen) atoms. The normalized spacial score (nSPS) is 19.0. The highest BCUT2D eigenvalue weighted by Gasteiger charge is 2.27. The fraction of sp³-hybridized carbons (Fsp3) is 0.467. The average molecular weight is 260 g/mol. The van der Waals surface area contributed by atoms with Gasteiger partial charge in [-0.2, -0.15) is 0 Å². The molecular formula is C15H20N2O2. The van der Waals surface area contributed by atoms with Gasteiger partial charge in [0.2, 0.25) is 5.91 Å². The topological polar surface area (TPSA) is 49.4 Å². The van der Waals surface area contributed by atoms with Crippen LogP contribution in [0.4, 0.5) is 0 Å². The average Bonchev–Trinajstić information content (AvgIpc) is 2.45. The second-order valence-corrected chi connectivity index (χ2v) is 4.95. The molecule has 0 unspecified atom stereocenters. The maximum Gasteiger partial charge on any atom is 0.254 e. The molecular weight excluding hydrogens is 240 g/mol. The third-order valence-corrected chi connectivity index (χ3v) is 3.50. The van der Waals surface area contributed by atoms with E-state index in [-0.39, 0.29) is 17.9 Å². The molecule has 2 rings (SSSR count). The second-order valence-electron chi connectivity index (χ2n) is 4.95. The van der Waals surface area contributed by atoms with E-state index in [1.165, 1.54) is 6.92 Å². The van der Waals surface area contributed by atoms with Gasteiger partial charge < -0.3 is 10.2 Å². The third-order valence-electron chi connectivity index (χ3n) is 3.50. The van der Waals surface area contributed by atoms with Crippen LogP contribution in [0.25, 0.3) is 0 Å². The van der Waals surface area contributed by atoms with Crippen LogP contribution in [0.3, 0.4) is 0 Å². The number of hydrogen-bond donors (Lipinski definition) is 1. The van der Waals surface area contributed by atoms with Gasteiger partial charge in [0.05, 0.1) is 0 Å². The molecule has 0 aromatic heterocycles. The lowest BCUT2D eigenvalue weighted by molar-refractivity contribution is -0.119. The van der Waals surface area contributed by atoms with Crippen molar-refractivity contribution >= 4 is 11.8 Å². The third kappa shape index (κ3) is 3.56. The molecule has 0 bridgehead atoms. The van der Waals surface area contributed by atoms with E-state index in [9.17, 15) is 9.59 Å². The number of carbonyl (C=O) groups excluding carboxylic acids is 2. The lowest BCUT2D eigenvalue weighted by Gasteiger charge is -2.36. The van der Waals surface area contributed by atoms with E-state index in [1.807, 2.05) is 35.2 Å². The molecule has 0 saturated carbocycles. The fourth-order valence-electron chi connectivity index (χ4n) is 2.49. The Labute approximate surface area is 113 Å². The van der Waals surface area contributed by atoms with Crippen LogP contribution in [0.15, 0.2) is 30.3 Å². The Morgan fingerprint density at radius 1 is 1.26 bits per heavy atom. The number of carbonyl (C=O) groups is 2. The van der Waals surface area contributed by atoms with Crippen molar-refractivity contribution in [3.8, 4) is 0 Å². The van der Waals surface area contributed by atoms with Crippen LogP contribution in [-0.4, -0.2) is 35.8 Å². The van der Waals surface area contributed by atoms with Crippen molar-refractivity contribution in [3.05, 3.63) is 35.9 Å². The minimum atomic E-state index is -0.0438. The lowest BCUT2D eigenvalue weighted by atomic mass is 10.0. The summed E-state index contributed by atoms with van der Waals surface area (Å²) in [5.41, 5.74) is 0.720. The smallest absolute Gasteiger partial charge is 0.254 e. The van der Waals surface area contributed by atoms with E-state index in [0.717, 1.165) is 31.4 Å². The van der Waals surface area contributed by atoms with Gasteiger partial charge in [-0.05, 0) is 31.4 Å². The first-order chi connectivity index (χ1) is 9.18. The molecule has 1 fully saturated rings. The second kappa shape index (κ2) is 6.36. The summed E-state index contributed by atoms with van der Waals surface area (Å²) in [4.78, 5) is 25.4. The van der Waals surface area contributed by atoms with Crippen LogP contribution in [0.5, 0.6) is 0 Å². The van der Waals surface area contributed by atoms with Crippen LogP contribution in [0, 0.1) is 0 Å². The maximum absolute atomic E-state index is 12.5. The molecule has 102 valence electrons. The van der Waals surface area contributed by atoms with Gasteiger partial charge >= 0.3 is 0 Å². The number of rotatable bonds is 3. The van der Waals surface area contributed by atoms with Gasteiger partial charge in [-0.25, -0.2) is 0 Å². The largest absolute Gasteiger partial charge is 0.354 e. The van der Waals surface area contributed by atoms with Crippen LogP contribution < -0.4 is 5.32 Å². The summed E-state index contributed by atoms with van der Waals surface area (Å²) in [6.45, 7) is 2.83. The molecule has 1 saturated heterocycles. The molecule has 2 amide bonds. The van der Waals surface area contributed by atoms with E-state index in [0.29, 0.717) is 6.54 Å². The van der Waals surface area contributed by atoms with Crippen LogP contribution in [0.1, 0.15) is 36.5 Å². The van der Waals surface area contributed by atoms with Crippen LogP contribution in [0.2, 0.25) is 0 Å². The molecule has 1 N–H and O–H groups in total.